The first kappa shape index (κ1) is 22.3. The summed E-state index contributed by atoms with van der Waals surface area (Å²) in [5.41, 5.74) is 9.26. The van der Waals surface area contributed by atoms with Crippen molar-refractivity contribution in [3.05, 3.63) is 68.7 Å². The number of hydrogen-bond acceptors (Lipinski definition) is 0. The van der Waals surface area contributed by atoms with Gasteiger partial charge in [0.15, 0.2) is 0 Å². The molecule has 27 heavy (non-hydrogen) atoms. The third-order valence-electron chi connectivity index (χ3n) is 5.65. The monoisotopic (exact) mass is 460 g/mol. The van der Waals surface area contributed by atoms with Gasteiger partial charge in [-0.25, -0.2) is 0 Å². The number of halogens is 2. The lowest BCUT2D eigenvalue weighted by atomic mass is 10.0. The van der Waals surface area contributed by atoms with Crippen LogP contribution in [-0.2, 0) is 6.42 Å². The minimum Gasteiger partial charge on any atom is -0.125 e. The van der Waals surface area contributed by atoms with E-state index < -0.39 is 8.07 Å². The maximum absolute atomic E-state index is 6.33. The van der Waals surface area contributed by atoms with Gasteiger partial charge in [0.2, 0.25) is 0 Å². The molecular weight excluding hydrogens is 432 g/mol. The van der Waals surface area contributed by atoms with Crippen LogP contribution in [0.4, 0.5) is 0 Å². The molecular formula is C24H30BrClSi. The second-order valence-electron chi connectivity index (χ2n) is 8.26. The Hall–Kier alpha value is -1.01. The standard InChI is InChI=1S/C24H30BrClSi/c1-17(2)27(18(3)4,19(5)6)14-13-20-7-9-21(10-8-20)15-22-16-23(25)11-12-24(22)26/h7-12,16-19H,15H2,1-6H3. The average Bonchev–Trinajstić information content (AvgIpc) is 2.59. The summed E-state index contributed by atoms with van der Waals surface area (Å²) >= 11 is 9.85. The second-order valence-corrected chi connectivity index (χ2v) is 15.2. The van der Waals surface area contributed by atoms with Crippen molar-refractivity contribution in [2.75, 3.05) is 0 Å². The van der Waals surface area contributed by atoms with E-state index in [4.69, 9.17) is 11.6 Å². The lowest BCUT2D eigenvalue weighted by Crippen LogP contribution is -2.43. The van der Waals surface area contributed by atoms with E-state index in [0.717, 1.165) is 27.0 Å². The molecule has 2 aromatic carbocycles. The molecule has 0 spiro atoms. The maximum atomic E-state index is 6.33. The molecule has 0 nitrogen and oxygen atoms in total. The Labute approximate surface area is 179 Å². The van der Waals surface area contributed by atoms with Gasteiger partial charge < -0.3 is 0 Å². The van der Waals surface area contributed by atoms with E-state index in [-0.39, 0.29) is 0 Å². The lowest BCUT2D eigenvalue weighted by Gasteiger charge is -2.38. The van der Waals surface area contributed by atoms with Gasteiger partial charge in [0.1, 0.15) is 8.07 Å². The Bertz CT molecular complexity index is 804. The predicted octanol–water partition coefficient (Wildman–Crippen LogP) is 8.26. The summed E-state index contributed by atoms with van der Waals surface area (Å²) < 4.78 is 1.06. The molecule has 0 radical (unpaired) electrons. The topological polar surface area (TPSA) is 0 Å². The first-order chi connectivity index (χ1) is 12.7. The Balaban J connectivity index is 2.25. The van der Waals surface area contributed by atoms with Gasteiger partial charge in [0.05, 0.1) is 0 Å². The molecule has 144 valence electrons. The average molecular weight is 462 g/mol. The summed E-state index contributed by atoms with van der Waals surface area (Å²) in [7, 11) is -1.68. The Morgan fingerprint density at radius 3 is 1.96 bits per heavy atom. The van der Waals surface area contributed by atoms with Crippen LogP contribution in [0.1, 0.15) is 58.2 Å². The van der Waals surface area contributed by atoms with E-state index in [1.165, 1.54) is 5.56 Å². The number of benzene rings is 2. The summed E-state index contributed by atoms with van der Waals surface area (Å²) in [6, 6.07) is 14.6. The van der Waals surface area contributed by atoms with Gasteiger partial charge >= 0.3 is 0 Å². The molecule has 0 saturated carbocycles. The van der Waals surface area contributed by atoms with Crippen molar-refractivity contribution in [1.82, 2.24) is 0 Å². The molecule has 0 heterocycles. The van der Waals surface area contributed by atoms with Crippen molar-refractivity contribution in [1.29, 1.82) is 0 Å². The third-order valence-corrected chi connectivity index (χ3v) is 12.8. The van der Waals surface area contributed by atoms with Crippen molar-refractivity contribution in [2.45, 2.75) is 64.6 Å². The van der Waals surface area contributed by atoms with Crippen LogP contribution >= 0.6 is 27.5 Å². The van der Waals surface area contributed by atoms with Crippen LogP contribution in [0.5, 0.6) is 0 Å². The number of rotatable bonds is 5. The van der Waals surface area contributed by atoms with Crippen LogP contribution in [-0.4, -0.2) is 8.07 Å². The molecule has 2 aromatic rings. The first-order valence-electron chi connectivity index (χ1n) is 9.72. The molecule has 0 aromatic heterocycles. The van der Waals surface area contributed by atoms with Crippen molar-refractivity contribution >= 4 is 35.6 Å². The fourth-order valence-electron chi connectivity index (χ4n) is 4.22. The summed E-state index contributed by atoms with van der Waals surface area (Å²) in [6.07, 6.45) is 0.828. The van der Waals surface area contributed by atoms with Crippen LogP contribution in [0, 0.1) is 11.5 Å². The second kappa shape index (κ2) is 9.46. The van der Waals surface area contributed by atoms with E-state index in [2.05, 4.69) is 99.3 Å². The molecule has 0 N–H and O–H groups in total. The summed E-state index contributed by atoms with van der Waals surface area (Å²) in [5, 5.41) is 0.809. The zero-order valence-corrected chi connectivity index (χ0v) is 20.6. The van der Waals surface area contributed by atoms with E-state index in [9.17, 15) is 0 Å². The van der Waals surface area contributed by atoms with Crippen LogP contribution in [0.15, 0.2) is 46.9 Å². The molecule has 0 amide bonds. The highest BCUT2D eigenvalue weighted by atomic mass is 79.9. The molecule has 0 aliphatic carbocycles. The summed E-state index contributed by atoms with van der Waals surface area (Å²) in [6.45, 7) is 14.1. The maximum Gasteiger partial charge on any atom is 0.146 e. The normalized spacial score (nSPS) is 11.8. The minimum absolute atomic E-state index is 0.656. The fourth-order valence-corrected chi connectivity index (χ4v) is 10.0. The Morgan fingerprint density at radius 1 is 0.889 bits per heavy atom. The van der Waals surface area contributed by atoms with Crippen LogP contribution in [0.25, 0.3) is 0 Å². The SMILES string of the molecule is CC(C)[Si](C#Cc1ccc(Cc2cc(Br)ccc2Cl)cc1)(C(C)C)C(C)C. The highest BCUT2D eigenvalue weighted by Crippen LogP contribution is 2.40. The molecule has 0 fully saturated rings. The van der Waals surface area contributed by atoms with Crippen molar-refractivity contribution in [2.24, 2.45) is 0 Å². The van der Waals surface area contributed by atoms with E-state index in [1.807, 2.05) is 12.1 Å². The first-order valence-corrected chi connectivity index (χ1v) is 13.1. The highest BCUT2D eigenvalue weighted by molar-refractivity contribution is 9.10. The smallest absolute Gasteiger partial charge is 0.125 e. The fraction of sp³-hybridized carbons (Fsp3) is 0.417. The van der Waals surface area contributed by atoms with E-state index >= 15 is 0 Å². The number of hydrogen-bond donors (Lipinski definition) is 0. The zero-order chi connectivity index (χ0) is 20.2. The molecule has 0 atom stereocenters. The lowest BCUT2D eigenvalue weighted by molar-refractivity contribution is 0.838. The molecule has 0 unspecified atom stereocenters. The van der Waals surface area contributed by atoms with E-state index in [0.29, 0.717) is 16.6 Å². The highest BCUT2D eigenvalue weighted by Gasteiger charge is 2.41. The molecule has 0 aliphatic heterocycles. The Kier molecular flexibility index (Phi) is 7.80. The summed E-state index contributed by atoms with van der Waals surface area (Å²) in [5.74, 6) is 3.52. The van der Waals surface area contributed by atoms with Gasteiger partial charge in [-0.2, -0.15) is 0 Å². The largest absolute Gasteiger partial charge is 0.146 e. The zero-order valence-electron chi connectivity index (χ0n) is 17.2. The van der Waals surface area contributed by atoms with Gasteiger partial charge in [-0.05, 0) is 64.5 Å². The van der Waals surface area contributed by atoms with Gasteiger partial charge in [-0.1, -0.05) is 87.1 Å². The van der Waals surface area contributed by atoms with Gasteiger partial charge in [-0.15, -0.1) is 5.54 Å². The van der Waals surface area contributed by atoms with Gasteiger partial charge in [-0.3, -0.25) is 0 Å². The van der Waals surface area contributed by atoms with Crippen molar-refractivity contribution in [3.8, 4) is 11.5 Å². The molecule has 0 bridgehead atoms. The summed E-state index contributed by atoms with van der Waals surface area (Å²) in [4.78, 5) is 0. The molecule has 0 aliphatic rings. The third kappa shape index (κ3) is 5.28. The van der Waals surface area contributed by atoms with Gasteiger partial charge in [0.25, 0.3) is 0 Å². The quantitative estimate of drug-likeness (QED) is 0.310. The Morgan fingerprint density at radius 2 is 1.44 bits per heavy atom. The van der Waals surface area contributed by atoms with Crippen LogP contribution in [0.2, 0.25) is 21.6 Å². The molecule has 0 saturated heterocycles. The van der Waals surface area contributed by atoms with Gasteiger partial charge in [0, 0.05) is 15.1 Å². The van der Waals surface area contributed by atoms with Crippen molar-refractivity contribution in [3.63, 3.8) is 0 Å². The molecule has 2 rings (SSSR count). The predicted molar refractivity (Wildman–Crippen MR) is 126 cm³/mol. The van der Waals surface area contributed by atoms with Crippen molar-refractivity contribution < 1.29 is 0 Å². The van der Waals surface area contributed by atoms with Crippen LogP contribution < -0.4 is 0 Å². The molecule has 3 heteroatoms. The van der Waals surface area contributed by atoms with E-state index in [1.54, 1.807) is 0 Å². The van der Waals surface area contributed by atoms with Crippen LogP contribution in [0.3, 0.4) is 0 Å². The minimum atomic E-state index is -1.68.